The van der Waals surface area contributed by atoms with Crippen LogP contribution in [0.15, 0.2) is 6.07 Å². The first kappa shape index (κ1) is 20.5. The van der Waals surface area contributed by atoms with Gasteiger partial charge in [-0.2, -0.15) is 0 Å². The van der Waals surface area contributed by atoms with Crippen LogP contribution in [-0.2, 0) is 6.61 Å². The van der Waals surface area contributed by atoms with Gasteiger partial charge in [-0.3, -0.25) is 25.1 Å². The molecule has 1 N–H and O–H groups in total. The number of aliphatic hydroxyl groups is 1. The summed E-state index contributed by atoms with van der Waals surface area (Å²) in [5.74, 6) is 0.774. The van der Waals surface area contributed by atoms with E-state index in [0.29, 0.717) is 19.1 Å². The van der Waals surface area contributed by atoms with Crippen molar-refractivity contribution in [2.24, 2.45) is 5.92 Å². The summed E-state index contributed by atoms with van der Waals surface area (Å²) in [6.07, 6.45) is 4.80. The highest BCUT2D eigenvalue weighted by Gasteiger charge is 2.36. The molecule has 9 heteroatoms. The molecule has 1 aromatic rings. The lowest BCUT2D eigenvalue weighted by Gasteiger charge is -2.42. The molecule has 1 heterocycles. The zero-order valence-electron chi connectivity index (χ0n) is 16.5. The Labute approximate surface area is 164 Å². The SMILES string of the molecule is Cc1c(CO)cc([N+](=O)[O-])c(N2CCN(C3CCC(C)CC3)CC2)c1[N+](=O)[O-]. The van der Waals surface area contributed by atoms with E-state index in [0.717, 1.165) is 19.0 Å². The summed E-state index contributed by atoms with van der Waals surface area (Å²) in [4.78, 5) is 26.4. The van der Waals surface area contributed by atoms with E-state index in [9.17, 15) is 25.3 Å². The number of anilines is 1. The molecule has 1 aliphatic heterocycles. The molecule has 1 saturated heterocycles. The predicted octanol–water partition coefficient (Wildman–Crippen LogP) is 3.00. The van der Waals surface area contributed by atoms with Gasteiger partial charge < -0.3 is 10.0 Å². The number of piperazine rings is 1. The lowest BCUT2D eigenvalue weighted by atomic mass is 9.86. The lowest BCUT2D eigenvalue weighted by Crippen LogP contribution is -2.51. The van der Waals surface area contributed by atoms with Crippen molar-refractivity contribution in [2.45, 2.75) is 52.2 Å². The van der Waals surface area contributed by atoms with Crippen molar-refractivity contribution in [2.75, 3.05) is 31.1 Å². The van der Waals surface area contributed by atoms with Gasteiger partial charge in [0.2, 0.25) is 0 Å². The Balaban J connectivity index is 1.86. The maximum absolute atomic E-state index is 11.7. The maximum Gasteiger partial charge on any atom is 0.302 e. The van der Waals surface area contributed by atoms with E-state index in [4.69, 9.17) is 0 Å². The molecule has 0 aromatic heterocycles. The van der Waals surface area contributed by atoms with Gasteiger partial charge in [0, 0.05) is 43.9 Å². The number of rotatable bonds is 5. The van der Waals surface area contributed by atoms with Crippen LogP contribution >= 0.6 is 0 Å². The monoisotopic (exact) mass is 392 g/mol. The number of nitrogens with zero attached hydrogens (tertiary/aromatic N) is 4. The van der Waals surface area contributed by atoms with Crippen LogP contribution in [0.3, 0.4) is 0 Å². The van der Waals surface area contributed by atoms with Gasteiger partial charge in [0.05, 0.1) is 16.5 Å². The van der Waals surface area contributed by atoms with Crippen molar-refractivity contribution < 1.29 is 15.0 Å². The van der Waals surface area contributed by atoms with E-state index in [1.54, 1.807) is 4.90 Å². The number of nitro groups is 2. The zero-order chi connectivity index (χ0) is 20.4. The summed E-state index contributed by atoms with van der Waals surface area (Å²) in [6.45, 7) is 5.88. The van der Waals surface area contributed by atoms with Crippen LogP contribution < -0.4 is 4.90 Å². The molecule has 1 aromatic carbocycles. The topological polar surface area (TPSA) is 113 Å². The standard InChI is InChI=1S/C19H28N4O5/c1-13-3-5-16(6-4-13)20-7-9-21(10-8-20)19-17(22(25)26)11-15(12-24)14(2)18(19)23(27)28/h11,13,16,24H,3-10,12H2,1-2H3. The van der Waals surface area contributed by atoms with Crippen LogP contribution in [0.4, 0.5) is 17.1 Å². The first-order valence-electron chi connectivity index (χ1n) is 9.88. The molecule has 1 aliphatic carbocycles. The lowest BCUT2D eigenvalue weighted by molar-refractivity contribution is -0.393. The van der Waals surface area contributed by atoms with Gasteiger partial charge in [0.15, 0.2) is 5.69 Å². The second-order valence-corrected chi connectivity index (χ2v) is 7.99. The molecule has 9 nitrogen and oxygen atoms in total. The Kier molecular flexibility index (Phi) is 6.14. The molecule has 1 saturated carbocycles. The van der Waals surface area contributed by atoms with Crippen LogP contribution in [-0.4, -0.2) is 52.1 Å². The van der Waals surface area contributed by atoms with Crippen LogP contribution in [0.2, 0.25) is 0 Å². The van der Waals surface area contributed by atoms with Crippen LogP contribution in [0.5, 0.6) is 0 Å². The minimum Gasteiger partial charge on any atom is -0.392 e. The molecule has 3 rings (SSSR count). The Morgan fingerprint density at radius 1 is 1.07 bits per heavy atom. The fourth-order valence-electron chi connectivity index (χ4n) is 4.55. The summed E-state index contributed by atoms with van der Waals surface area (Å²) < 4.78 is 0. The molecule has 2 aliphatic rings. The molecule has 0 radical (unpaired) electrons. The highest BCUT2D eigenvalue weighted by molar-refractivity contribution is 5.79. The summed E-state index contributed by atoms with van der Waals surface area (Å²) in [6, 6.07) is 1.81. The van der Waals surface area contributed by atoms with E-state index >= 15 is 0 Å². The van der Waals surface area contributed by atoms with Gasteiger partial charge in [-0.25, -0.2) is 0 Å². The van der Waals surface area contributed by atoms with E-state index < -0.39 is 16.5 Å². The van der Waals surface area contributed by atoms with E-state index in [1.807, 2.05) is 0 Å². The van der Waals surface area contributed by atoms with Crippen molar-refractivity contribution >= 4 is 17.1 Å². The fourth-order valence-corrected chi connectivity index (χ4v) is 4.55. The minimum absolute atomic E-state index is 0.0709. The Morgan fingerprint density at radius 2 is 1.68 bits per heavy atom. The van der Waals surface area contributed by atoms with Gasteiger partial charge >= 0.3 is 5.69 Å². The van der Waals surface area contributed by atoms with E-state index in [-0.39, 0.29) is 28.2 Å². The highest BCUT2D eigenvalue weighted by Crippen LogP contribution is 2.42. The molecular formula is C19H28N4O5. The van der Waals surface area contributed by atoms with Crippen LogP contribution in [0, 0.1) is 33.1 Å². The molecule has 0 amide bonds. The number of nitro benzene ring substituents is 2. The third-order valence-electron chi connectivity index (χ3n) is 6.30. The van der Waals surface area contributed by atoms with E-state index in [2.05, 4.69) is 11.8 Å². The highest BCUT2D eigenvalue weighted by atomic mass is 16.6. The summed E-state index contributed by atoms with van der Waals surface area (Å²) in [5.41, 5.74) is 0.00927. The number of hydrogen-bond acceptors (Lipinski definition) is 7. The Morgan fingerprint density at radius 3 is 2.18 bits per heavy atom. The second-order valence-electron chi connectivity index (χ2n) is 7.99. The molecule has 154 valence electrons. The van der Waals surface area contributed by atoms with Gasteiger partial charge in [0.1, 0.15) is 0 Å². The summed E-state index contributed by atoms with van der Waals surface area (Å²) in [7, 11) is 0. The summed E-state index contributed by atoms with van der Waals surface area (Å²) in [5, 5.41) is 32.8. The van der Waals surface area contributed by atoms with Gasteiger partial charge in [-0.1, -0.05) is 6.92 Å². The van der Waals surface area contributed by atoms with Gasteiger partial charge in [-0.05, 0) is 44.1 Å². The molecule has 0 unspecified atom stereocenters. The van der Waals surface area contributed by atoms with Crippen LogP contribution in [0.1, 0.15) is 43.7 Å². The Bertz CT molecular complexity index is 753. The number of benzene rings is 1. The van der Waals surface area contributed by atoms with Crippen molar-refractivity contribution in [1.29, 1.82) is 0 Å². The predicted molar refractivity (Wildman–Crippen MR) is 106 cm³/mol. The molecule has 0 atom stereocenters. The first-order chi connectivity index (χ1) is 13.3. The van der Waals surface area contributed by atoms with Crippen molar-refractivity contribution in [1.82, 2.24) is 4.90 Å². The molecule has 28 heavy (non-hydrogen) atoms. The van der Waals surface area contributed by atoms with Crippen molar-refractivity contribution in [3.8, 4) is 0 Å². The van der Waals surface area contributed by atoms with E-state index in [1.165, 1.54) is 38.7 Å². The average molecular weight is 392 g/mol. The summed E-state index contributed by atoms with van der Waals surface area (Å²) >= 11 is 0. The average Bonchev–Trinajstić information content (AvgIpc) is 2.67. The number of aliphatic hydroxyl groups excluding tert-OH is 1. The van der Waals surface area contributed by atoms with Crippen molar-refractivity contribution in [3.05, 3.63) is 37.4 Å². The minimum atomic E-state index is -0.587. The zero-order valence-corrected chi connectivity index (χ0v) is 16.5. The molecule has 2 fully saturated rings. The molecule has 0 spiro atoms. The fraction of sp³-hybridized carbons (Fsp3) is 0.684. The van der Waals surface area contributed by atoms with Crippen LogP contribution in [0.25, 0.3) is 0 Å². The first-order valence-corrected chi connectivity index (χ1v) is 9.88. The smallest absolute Gasteiger partial charge is 0.302 e. The van der Waals surface area contributed by atoms with Gasteiger partial charge in [-0.15, -0.1) is 0 Å². The Hall–Kier alpha value is -2.26. The molecular weight excluding hydrogens is 364 g/mol. The largest absolute Gasteiger partial charge is 0.392 e. The molecule has 0 bridgehead atoms. The number of hydrogen-bond donors (Lipinski definition) is 1. The second kappa shape index (κ2) is 8.40. The third-order valence-corrected chi connectivity index (χ3v) is 6.30. The van der Waals surface area contributed by atoms with Crippen molar-refractivity contribution in [3.63, 3.8) is 0 Å². The third kappa shape index (κ3) is 3.95. The normalized spacial score (nSPS) is 23.6. The van der Waals surface area contributed by atoms with Gasteiger partial charge in [0.25, 0.3) is 5.69 Å². The quantitative estimate of drug-likeness (QED) is 0.605. The maximum atomic E-state index is 11.7.